The minimum Gasteiger partial charge on any atom is -0.337 e. The maximum Gasteiger partial charge on any atom is 0.231 e. The molecule has 0 radical (unpaired) electrons. The lowest BCUT2D eigenvalue weighted by molar-refractivity contribution is -0.120. The molecule has 2 aromatic rings. The molecular formula is C23H30N6OS. The summed E-state index contributed by atoms with van der Waals surface area (Å²) in [6, 6.07) is 12.4. The molecule has 1 amide bonds. The lowest BCUT2D eigenvalue weighted by Gasteiger charge is -2.31. The van der Waals surface area contributed by atoms with Crippen molar-refractivity contribution in [2.45, 2.75) is 68.6 Å². The van der Waals surface area contributed by atoms with Crippen LogP contribution in [-0.4, -0.2) is 50.0 Å². The van der Waals surface area contributed by atoms with Gasteiger partial charge in [-0.25, -0.2) is 0 Å². The molecule has 0 bridgehead atoms. The van der Waals surface area contributed by atoms with Gasteiger partial charge in [-0.3, -0.25) is 14.3 Å². The van der Waals surface area contributed by atoms with E-state index < -0.39 is 5.54 Å². The van der Waals surface area contributed by atoms with Crippen LogP contribution >= 0.6 is 11.8 Å². The van der Waals surface area contributed by atoms with Gasteiger partial charge in [0.1, 0.15) is 5.54 Å². The first kappa shape index (κ1) is 21.8. The number of para-hydroxylation sites is 1. The Balaban J connectivity index is 1.47. The molecule has 2 heterocycles. The van der Waals surface area contributed by atoms with Crippen molar-refractivity contribution in [3.05, 3.63) is 36.2 Å². The normalized spacial score (nSPS) is 18.9. The van der Waals surface area contributed by atoms with E-state index in [2.05, 4.69) is 31.1 Å². The van der Waals surface area contributed by atoms with Gasteiger partial charge in [0, 0.05) is 5.69 Å². The summed E-state index contributed by atoms with van der Waals surface area (Å²) in [7, 11) is 0. The van der Waals surface area contributed by atoms with Gasteiger partial charge in [0.25, 0.3) is 0 Å². The molecule has 7 nitrogen and oxygen atoms in total. The fourth-order valence-corrected chi connectivity index (χ4v) is 5.27. The third kappa shape index (κ3) is 5.46. The van der Waals surface area contributed by atoms with Crippen LogP contribution in [0.2, 0.25) is 0 Å². The van der Waals surface area contributed by atoms with Crippen LogP contribution in [0.3, 0.4) is 0 Å². The standard InChI is InChI=1S/C23H30N6OS/c24-18-23(12-6-2-7-13-23)25-21(30)17-31-22-27-26-20(16-28-14-8-3-9-15-28)29(22)19-10-4-1-5-11-19/h1,4-5,10-11H,2-3,6-9,12-17H2,(H,25,30). The van der Waals surface area contributed by atoms with Crippen molar-refractivity contribution in [2.24, 2.45) is 0 Å². The Morgan fingerprint density at radius 1 is 1.06 bits per heavy atom. The Bertz CT molecular complexity index is 910. The van der Waals surface area contributed by atoms with Gasteiger partial charge in [-0.2, -0.15) is 5.26 Å². The Hall–Kier alpha value is -2.37. The molecule has 31 heavy (non-hydrogen) atoms. The summed E-state index contributed by atoms with van der Waals surface area (Å²) in [5.74, 6) is 1.00. The summed E-state index contributed by atoms with van der Waals surface area (Å²) < 4.78 is 2.06. The van der Waals surface area contributed by atoms with E-state index >= 15 is 0 Å². The molecule has 1 N–H and O–H groups in total. The molecule has 2 aliphatic rings. The molecule has 1 aromatic carbocycles. The molecule has 0 spiro atoms. The molecule has 2 fully saturated rings. The topological polar surface area (TPSA) is 86.8 Å². The van der Waals surface area contributed by atoms with E-state index in [0.717, 1.165) is 63.3 Å². The monoisotopic (exact) mass is 438 g/mol. The number of aromatic nitrogens is 3. The van der Waals surface area contributed by atoms with Crippen molar-refractivity contribution < 1.29 is 4.79 Å². The molecule has 1 aromatic heterocycles. The number of likely N-dealkylation sites (tertiary alicyclic amines) is 1. The summed E-state index contributed by atoms with van der Waals surface area (Å²) in [4.78, 5) is 15.1. The van der Waals surface area contributed by atoms with E-state index in [-0.39, 0.29) is 11.7 Å². The number of thioether (sulfide) groups is 1. The number of hydrogen-bond acceptors (Lipinski definition) is 6. The summed E-state index contributed by atoms with van der Waals surface area (Å²) in [6.45, 7) is 2.93. The molecule has 1 saturated carbocycles. The molecule has 0 atom stereocenters. The zero-order valence-electron chi connectivity index (χ0n) is 17.9. The molecule has 1 aliphatic carbocycles. The average molecular weight is 439 g/mol. The van der Waals surface area contributed by atoms with Crippen LogP contribution in [0, 0.1) is 11.3 Å². The molecular weight excluding hydrogens is 408 g/mol. The molecule has 164 valence electrons. The summed E-state index contributed by atoms with van der Waals surface area (Å²) in [5, 5.41) is 22.2. The predicted molar refractivity (Wildman–Crippen MR) is 121 cm³/mol. The van der Waals surface area contributed by atoms with Crippen molar-refractivity contribution in [2.75, 3.05) is 18.8 Å². The Labute approximate surface area is 188 Å². The maximum absolute atomic E-state index is 12.7. The van der Waals surface area contributed by atoms with Gasteiger partial charge in [-0.1, -0.05) is 55.6 Å². The second kappa shape index (κ2) is 10.3. The van der Waals surface area contributed by atoms with Gasteiger partial charge in [0.15, 0.2) is 11.0 Å². The second-order valence-electron chi connectivity index (χ2n) is 8.50. The molecule has 0 unspecified atom stereocenters. The van der Waals surface area contributed by atoms with Crippen molar-refractivity contribution in [3.63, 3.8) is 0 Å². The van der Waals surface area contributed by atoms with E-state index in [9.17, 15) is 10.1 Å². The number of amides is 1. The quantitative estimate of drug-likeness (QED) is 0.664. The zero-order valence-corrected chi connectivity index (χ0v) is 18.7. The molecule has 4 rings (SSSR count). The van der Waals surface area contributed by atoms with Crippen LogP contribution in [0.15, 0.2) is 35.5 Å². The van der Waals surface area contributed by atoms with Crippen molar-refractivity contribution in [3.8, 4) is 11.8 Å². The van der Waals surface area contributed by atoms with Gasteiger partial charge in [-0.05, 0) is 50.9 Å². The Morgan fingerprint density at radius 3 is 2.48 bits per heavy atom. The van der Waals surface area contributed by atoms with Crippen LogP contribution in [-0.2, 0) is 11.3 Å². The van der Waals surface area contributed by atoms with Gasteiger partial charge in [0.2, 0.25) is 5.91 Å². The third-order valence-electron chi connectivity index (χ3n) is 6.16. The number of hydrogen-bond donors (Lipinski definition) is 1. The highest BCUT2D eigenvalue weighted by molar-refractivity contribution is 7.99. The molecule has 1 aliphatic heterocycles. The van der Waals surface area contributed by atoms with Gasteiger partial charge >= 0.3 is 0 Å². The van der Waals surface area contributed by atoms with Gasteiger partial charge in [-0.15, -0.1) is 10.2 Å². The first-order valence-electron chi connectivity index (χ1n) is 11.3. The van der Waals surface area contributed by atoms with Crippen LogP contribution < -0.4 is 5.32 Å². The van der Waals surface area contributed by atoms with Crippen LogP contribution in [0.1, 0.15) is 57.2 Å². The summed E-state index contributed by atoms with van der Waals surface area (Å²) in [5.41, 5.74) is 0.297. The summed E-state index contributed by atoms with van der Waals surface area (Å²) in [6.07, 6.45) is 8.33. The van der Waals surface area contributed by atoms with Gasteiger partial charge < -0.3 is 5.32 Å². The number of rotatable bonds is 7. The fourth-order valence-electron chi connectivity index (χ4n) is 4.50. The highest BCUT2D eigenvalue weighted by Crippen LogP contribution is 2.28. The summed E-state index contributed by atoms with van der Waals surface area (Å²) >= 11 is 1.38. The smallest absolute Gasteiger partial charge is 0.231 e. The lowest BCUT2D eigenvalue weighted by Crippen LogP contribution is -2.49. The molecule has 1 saturated heterocycles. The van der Waals surface area contributed by atoms with E-state index in [4.69, 9.17) is 0 Å². The largest absolute Gasteiger partial charge is 0.337 e. The van der Waals surface area contributed by atoms with Gasteiger partial charge in [0.05, 0.1) is 18.4 Å². The average Bonchev–Trinajstić information content (AvgIpc) is 3.22. The maximum atomic E-state index is 12.7. The Kier molecular flexibility index (Phi) is 7.25. The van der Waals surface area contributed by atoms with E-state index in [1.54, 1.807) is 0 Å². The fraction of sp³-hybridized carbons (Fsp3) is 0.565. The van der Waals surface area contributed by atoms with E-state index in [1.807, 2.05) is 30.3 Å². The highest BCUT2D eigenvalue weighted by Gasteiger charge is 2.33. The number of carbonyl (C=O) groups excluding carboxylic acids is 1. The van der Waals surface area contributed by atoms with E-state index in [1.165, 1.54) is 31.0 Å². The first-order valence-corrected chi connectivity index (χ1v) is 12.2. The number of piperidine rings is 1. The van der Waals surface area contributed by atoms with Crippen molar-refractivity contribution >= 4 is 17.7 Å². The minimum atomic E-state index is -0.706. The number of nitriles is 1. The molecule has 8 heteroatoms. The van der Waals surface area contributed by atoms with Crippen molar-refractivity contribution in [1.29, 1.82) is 5.26 Å². The SMILES string of the molecule is N#CC1(NC(=O)CSc2nnc(CN3CCCCC3)n2-c2ccccc2)CCCCC1. The highest BCUT2D eigenvalue weighted by atomic mass is 32.2. The minimum absolute atomic E-state index is 0.117. The third-order valence-corrected chi connectivity index (χ3v) is 7.09. The van der Waals surface area contributed by atoms with E-state index in [0.29, 0.717) is 5.16 Å². The predicted octanol–water partition coefficient (Wildman–Crippen LogP) is 3.69. The van der Waals surface area contributed by atoms with Crippen LogP contribution in [0.5, 0.6) is 0 Å². The second-order valence-corrected chi connectivity index (χ2v) is 9.44. The number of nitrogens with zero attached hydrogens (tertiary/aromatic N) is 5. The number of carbonyl (C=O) groups is 1. The van der Waals surface area contributed by atoms with Crippen molar-refractivity contribution in [1.82, 2.24) is 25.0 Å². The lowest BCUT2D eigenvalue weighted by atomic mass is 9.83. The first-order chi connectivity index (χ1) is 15.2. The zero-order chi connectivity index (χ0) is 21.5. The number of nitrogens with one attached hydrogen (secondary N) is 1. The number of benzene rings is 1. The van der Waals surface area contributed by atoms with Crippen LogP contribution in [0.25, 0.3) is 5.69 Å². The Morgan fingerprint density at radius 2 is 1.77 bits per heavy atom. The van der Waals surface area contributed by atoms with Crippen LogP contribution in [0.4, 0.5) is 0 Å².